The second-order valence-electron chi connectivity index (χ2n) is 7.41. The largest absolute Gasteiger partial charge is 0.497 e. The maximum absolute atomic E-state index is 11.4. The highest BCUT2D eigenvalue weighted by Crippen LogP contribution is 2.46. The number of aliphatic hydroxyl groups is 1. The van der Waals surface area contributed by atoms with Gasteiger partial charge in [-0.05, 0) is 50.5 Å². The first-order chi connectivity index (χ1) is 12.0. The molecular formula is C20H25N3O2. The fraction of sp³-hybridized carbons (Fsp3) is 0.500. The van der Waals surface area contributed by atoms with Crippen LogP contribution < -0.4 is 9.64 Å². The summed E-state index contributed by atoms with van der Waals surface area (Å²) in [6, 6.07) is 10.4. The molecule has 3 heterocycles. The molecule has 0 radical (unpaired) electrons. The number of hydrogen-bond donors (Lipinski definition) is 1. The van der Waals surface area contributed by atoms with Gasteiger partial charge in [0, 0.05) is 36.3 Å². The average molecular weight is 339 g/mol. The van der Waals surface area contributed by atoms with Crippen molar-refractivity contribution in [3.63, 3.8) is 0 Å². The fourth-order valence-corrected chi connectivity index (χ4v) is 4.51. The normalized spacial score (nSPS) is 28.2. The Kier molecular flexibility index (Phi) is 3.91. The van der Waals surface area contributed by atoms with Crippen LogP contribution in [0, 0.1) is 13.8 Å². The SMILES string of the molecule is COc1ccc(C2(O)CC3CCC(C2)N3c2nc(C)cc(C)n2)cc1. The van der Waals surface area contributed by atoms with Gasteiger partial charge in [-0.1, -0.05) is 12.1 Å². The number of aromatic nitrogens is 2. The van der Waals surface area contributed by atoms with E-state index in [0.29, 0.717) is 12.8 Å². The third kappa shape index (κ3) is 2.86. The second-order valence-corrected chi connectivity index (χ2v) is 7.41. The summed E-state index contributed by atoms with van der Waals surface area (Å²) in [6.45, 7) is 4.02. The van der Waals surface area contributed by atoms with E-state index in [2.05, 4.69) is 14.9 Å². The van der Waals surface area contributed by atoms with Gasteiger partial charge in [0.1, 0.15) is 5.75 Å². The molecule has 5 heteroatoms. The van der Waals surface area contributed by atoms with Crippen LogP contribution in [0.5, 0.6) is 5.75 Å². The van der Waals surface area contributed by atoms with E-state index in [0.717, 1.165) is 41.5 Å². The number of piperidine rings is 1. The van der Waals surface area contributed by atoms with Gasteiger partial charge >= 0.3 is 0 Å². The Morgan fingerprint density at radius 2 is 1.60 bits per heavy atom. The lowest BCUT2D eigenvalue weighted by Crippen LogP contribution is -2.50. The molecule has 4 rings (SSSR count). The number of nitrogens with zero attached hydrogens (tertiary/aromatic N) is 3. The van der Waals surface area contributed by atoms with Crippen molar-refractivity contribution in [3.05, 3.63) is 47.3 Å². The van der Waals surface area contributed by atoms with Crippen LogP contribution in [0.25, 0.3) is 0 Å². The Hall–Kier alpha value is -2.14. The van der Waals surface area contributed by atoms with Crippen molar-refractivity contribution in [1.29, 1.82) is 0 Å². The minimum Gasteiger partial charge on any atom is -0.497 e. The Labute approximate surface area is 148 Å². The molecule has 1 aromatic carbocycles. The molecule has 5 nitrogen and oxygen atoms in total. The molecule has 2 saturated heterocycles. The lowest BCUT2D eigenvalue weighted by molar-refractivity contribution is -0.00340. The number of aryl methyl sites for hydroxylation is 2. The summed E-state index contributed by atoms with van der Waals surface area (Å²) in [4.78, 5) is 11.7. The smallest absolute Gasteiger partial charge is 0.226 e. The Balaban J connectivity index is 1.62. The number of benzene rings is 1. The van der Waals surface area contributed by atoms with Crippen LogP contribution in [-0.4, -0.2) is 34.3 Å². The molecule has 132 valence electrons. The predicted octanol–water partition coefficient (Wildman–Crippen LogP) is 3.12. The molecule has 1 aromatic heterocycles. The summed E-state index contributed by atoms with van der Waals surface area (Å²) in [5.41, 5.74) is 2.19. The minimum atomic E-state index is -0.784. The van der Waals surface area contributed by atoms with Crippen molar-refractivity contribution < 1.29 is 9.84 Å². The highest BCUT2D eigenvalue weighted by molar-refractivity contribution is 5.42. The van der Waals surface area contributed by atoms with E-state index >= 15 is 0 Å². The molecule has 2 aliphatic heterocycles. The number of rotatable bonds is 3. The Morgan fingerprint density at radius 3 is 2.12 bits per heavy atom. The summed E-state index contributed by atoms with van der Waals surface area (Å²) in [7, 11) is 1.66. The lowest BCUT2D eigenvalue weighted by atomic mass is 9.80. The average Bonchev–Trinajstić information content (AvgIpc) is 2.86. The van der Waals surface area contributed by atoms with Gasteiger partial charge in [0.15, 0.2) is 0 Å². The van der Waals surface area contributed by atoms with Crippen molar-refractivity contribution in [3.8, 4) is 5.75 Å². The molecular weight excluding hydrogens is 314 g/mol. The van der Waals surface area contributed by atoms with Crippen molar-refractivity contribution in [2.75, 3.05) is 12.0 Å². The monoisotopic (exact) mass is 339 g/mol. The first-order valence-corrected chi connectivity index (χ1v) is 8.96. The van der Waals surface area contributed by atoms with E-state index in [1.165, 1.54) is 0 Å². The van der Waals surface area contributed by atoms with Crippen molar-refractivity contribution in [2.45, 2.75) is 57.2 Å². The Morgan fingerprint density at radius 1 is 1.04 bits per heavy atom. The topological polar surface area (TPSA) is 58.5 Å². The summed E-state index contributed by atoms with van der Waals surface area (Å²) in [5, 5.41) is 11.4. The summed E-state index contributed by atoms with van der Waals surface area (Å²) < 4.78 is 5.23. The van der Waals surface area contributed by atoms with Gasteiger partial charge < -0.3 is 14.7 Å². The van der Waals surface area contributed by atoms with E-state index in [9.17, 15) is 5.11 Å². The van der Waals surface area contributed by atoms with Crippen LogP contribution in [0.4, 0.5) is 5.95 Å². The first-order valence-electron chi connectivity index (χ1n) is 8.96. The quantitative estimate of drug-likeness (QED) is 0.931. The maximum Gasteiger partial charge on any atom is 0.226 e. The molecule has 0 saturated carbocycles. The number of methoxy groups -OCH3 is 1. The zero-order chi connectivity index (χ0) is 17.6. The van der Waals surface area contributed by atoms with Gasteiger partial charge in [0.05, 0.1) is 12.7 Å². The first kappa shape index (κ1) is 16.3. The van der Waals surface area contributed by atoms with Crippen LogP contribution in [0.3, 0.4) is 0 Å². The molecule has 2 aromatic rings. The van der Waals surface area contributed by atoms with Gasteiger partial charge in [0.2, 0.25) is 5.95 Å². The van der Waals surface area contributed by atoms with E-state index in [4.69, 9.17) is 4.74 Å². The summed E-state index contributed by atoms with van der Waals surface area (Å²) >= 11 is 0. The van der Waals surface area contributed by atoms with Crippen LogP contribution in [0.1, 0.15) is 42.6 Å². The molecule has 1 N–H and O–H groups in total. The Bertz CT molecular complexity index is 741. The zero-order valence-electron chi connectivity index (χ0n) is 15.1. The van der Waals surface area contributed by atoms with E-state index in [-0.39, 0.29) is 12.1 Å². The van der Waals surface area contributed by atoms with Crippen molar-refractivity contribution in [2.24, 2.45) is 0 Å². The standard InChI is InChI=1S/C20H25N3O2/c1-13-10-14(2)22-19(21-13)23-16-6-7-17(23)12-20(24,11-16)15-4-8-18(25-3)9-5-15/h4-5,8-10,16-17,24H,6-7,11-12H2,1-3H3. The number of hydrogen-bond acceptors (Lipinski definition) is 5. The van der Waals surface area contributed by atoms with Crippen molar-refractivity contribution >= 4 is 5.95 Å². The fourth-order valence-electron chi connectivity index (χ4n) is 4.51. The number of ether oxygens (including phenoxy) is 1. The third-order valence-electron chi connectivity index (χ3n) is 5.60. The van der Waals surface area contributed by atoms with Crippen LogP contribution in [0.2, 0.25) is 0 Å². The van der Waals surface area contributed by atoms with Crippen LogP contribution >= 0.6 is 0 Å². The molecule has 2 bridgehead atoms. The third-order valence-corrected chi connectivity index (χ3v) is 5.60. The highest BCUT2D eigenvalue weighted by Gasteiger charge is 2.49. The summed E-state index contributed by atoms with van der Waals surface area (Å²) in [5.74, 6) is 1.64. The van der Waals surface area contributed by atoms with Crippen LogP contribution in [0.15, 0.2) is 30.3 Å². The number of fused-ring (bicyclic) bond motifs is 2. The lowest BCUT2D eigenvalue weighted by Gasteiger charge is -2.44. The molecule has 2 atom stereocenters. The van der Waals surface area contributed by atoms with E-state index in [1.807, 2.05) is 44.2 Å². The zero-order valence-corrected chi connectivity index (χ0v) is 15.1. The van der Waals surface area contributed by atoms with Gasteiger partial charge in [-0.15, -0.1) is 0 Å². The van der Waals surface area contributed by atoms with Crippen LogP contribution in [-0.2, 0) is 5.60 Å². The van der Waals surface area contributed by atoms with E-state index in [1.54, 1.807) is 7.11 Å². The van der Waals surface area contributed by atoms with Crippen molar-refractivity contribution in [1.82, 2.24) is 9.97 Å². The van der Waals surface area contributed by atoms with Gasteiger partial charge in [0.25, 0.3) is 0 Å². The second kappa shape index (κ2) is 5.99. The molecule has 0 amide bonds. The minimum absolute atomic E-state index is 0.284. The molecule has 2 unspecified atom stereocenters. The maximum atomic E-state index is 11.4. The number of anilines is 1. The molecule has 2 aliphatic rings. The van der Waals surface area contributed by atoms with Gasteiger partial charge in [-0.2, -0.15) is 0 Å². The highest BCUT2D eigenvalue weighted by atomic mass is 16.5. The molecule has 2 fully saturated rings. The van der Waals surface area contributed by atoms with Gasteiger partial charge in [-0.25, -0.2) is 9.97 Å². The van der Waals surface area contributed by atoms with E-state index < -0.39 is 5.60 Å². The molecule has 0 aliphatic carbocycles. The molecule has 25 heavy (non-hydrogen) atoms. The molecule has 0 spiro atoms. The summed E-state index contributed by atoms with van der Waals surface area (Å²) in [6.07, 6.45) is 3.59. The van der Waals surface area contributed by atoms with Gasteiger partial charge in [-0.3, -0.25) is 0 Å². The predicted molar refractivity (Wildman–Crippen MR) is 96.9 cm³/mol.